The van der Waals surface area contributed by atoms with E-state index in [0.717, 1.165) is 12.2 Å². The van der Waals surface area contributed by atoms with E-state index in [9.17, 15) is 13.2 Å². The van der Waals surface area contributed by atoms with Crippen molar-refractivity contribution in [3.8, 4) is 0 Å². The molecule has 2 N–H and O–H groups in total. The average molecular weight is 379 g/mol. The summed E-state index contributed by atoms with van der Waals surface area (Å²) in [6, 6.07) is 16.1. The van der Waals surface area contributed by atoms with E-state index in [2.05, 4.69) is 22.2 Å². The van der Waals surface area contributed by atoms with E-state index < -0.39 is 10.0 Å². The number of carbonyl (C=O) groups excluding carboxylic acids is 1. The second-order valence-electron chi connectivity index (χ2n) is 5.30. The van der Waals surface area contributed by atoms with Crippen LogP contribution in [0, 0.1) is 0 Å². The molecule has 0 saturated heterocycles. The van der Waals surface area contributed by atoms with E-state index in [1.54, 1.807) is 18.7 Å². The van der Waals surface area contributed by atoms with Crippen molar-refractivity contribution in [1.82, 2.24) is 10.0 Å². The highest BCUT2D eigenvalue weighted by atomic mass is 32.2. The summed E-state index contributed by atoms with van der Waals surface area (Å²) in [4.78, 5) is 13.5. The van der Waals surface area contributed by atoms with Crippen LogP contribution in [0.25, 0.3) is 0 Å². The van der Waals surface area contributed by atoms with Crippen molar-refractivity contribution in [2.45, 2.75) is 23.1 Å². The number of benzene rings is 2. The predicted octanol–water partition coefficient (Wildman–Crippen LogP) is 2.90. The van der Waals surface area contributed by atoms with Gasteiger partial charge >= 0.3 is 0 Å². The van der Waals surface area contributed by atoms with Crippen LogP contribution in [0.15, 0.2) is 64.4 Å². The molecule has 0 aliphatic carbocycles. The summed E-state index contributed by atoms with van der Waals surface area (Å²) in [5.74, 6) is 0.724. The molecule has 25 heavy (non-hydrogen) atoms. The van der Waals surface area contributed by atoms with Crippen LogP contribution in [-0.2, 0) is 10.0 Å². The van der Waals surface area contributed by atoms with Gasteiger partial charge in [-0.1, -0.05) is 25.1 Å². The molecule has 0 heterocycles. The third kappa shape index (κ3) is 6.19. The normalized spacial score (nSPS) is 11.2. The summed E-state index contributed by atoms with van der Waals surface area (Å²) in [6.07, 6.45) is 0.859. The van der Waals surface area contributed by atoms with Gasteiger partial charge in [-0.2, -0.15) is 0 Å². The van der Waals surface area contributed by atoms with Gasteiger partial charge in [0, 0.05) is 23.5 Å². The predicted molar refractivity (Wildman–Crippen MR) is 101 cm³/mol. The van der Waals surface area contributed by atoms with E-state index in [1.165, 1.54) is 29.2 Å². The van der Waals surface area contributed by atoms with Crippen LogP contribution in [0.5, 0.6) is 0 Å². The van der Waals surface area contributed by atoms with E-state index in [1.807, 2.05) is 18.2 Å². The molecule has 5 nitrogen and oxygen atoms in total. The van der Waals surface area contributed by atoms with Crippen LogP contribution in [-0.4, -0.2) is 33.2 Å². The quantitative estimate of drug-likeness (QED) is 0.520. The van der Waals surface area contributed by atoms with Gasteiger partial charge in [0.2, 0.25) is 10.0 Å². The fraction of sp³-hybridized carbons (Fsp3) is 0.278. The maximum absolute atomic E-state index is 12.1. The largest absolute Gasteiger partial charge is 0.352 e. The molecule has 0 aliphatic heterocycles. The molecule has 0 spiro atoms. The minimum Gasteiger partial charge on any atom is -0.352 e. The number of sulfonamides is 1. The van der Waals surface area contributed by atoms with Crippen molar-refractivity contribution in [3.05, 3.63) is 60.2 Å². The van der Waals surface area contributed by atoms with Crippen molar-refractivity contribution in [2.75, 3.05) is 18.8 Å². The van der Waals surface area contributed by atoms with Gasteiger partial charge in [0.05, 0.1) is 4.90 Å². The van der Waals surface area contributed by atoms with Gasteiger partial charge in [-0.05, 0) is 48.6 Å². The highest BCUT2D eigenvalue weighted by Gasteiger charge is 2.13. The maximum atomic E-state index is 12.1. The Labute approximate surface area is 153 Å². The number of rotatable bonds is 9. The molecule has 0 radical (unpaired) electrons. The Morgan fingerprint density at radius 1 is 1.04 bits per heavy atom. The Bertz CT molecular complexity index is 776. The molecule has 2 aromatic rings. The molecule has 134 valence electrons. The fourth-order valence-electron chi connectivity index (χ4n) is 2.14. The van der Waals surface area contributed by atoms with Crippen LogP contribution >= 0.6 is 11.8 Å². The summed E-state index contributed by atoms with van der Waals surface area (Å²) in [5.41, 5.74) is 0.450. The van der Waals surface area contributed by atoms with Gasteiger partial charge in [0.25, 0.3) is 5.91 Å². The Morgan fingerprint density at radius 2 is 1.72 bits per heavy atom. The third-order valence-corrected chi connectivity index (χ3v) is 6.04. The van der Waals surface area contributed by atoms with Crippen LogP contribution in [0.4, 0.5) is 0 Å². The first-order valence-electron chi connectivity index (χ1n) is 8.08. The average Bonchev–Trinajstić information content (AvgIpc) is 2.62. The summed E-state index contributed by atoms with van der Waals surface area (Å²) in [5, 5.41) is 2.85. The zero-order valence-corrected chi connectivity index (χ0v) is 15.7. The molecule has 0 aromatic heterocycles. The second kappa shape index (κ2) is 9.60. The molecule has 0 unspecified atom stereocenters. The first-order valence-corrected chi connectivity index (χ1v) is 10.6. The molecule has 2 rings (SSSR count). The monoisotopic (exact) mass is 378 g/mol. The van der Waals surface area contributed by atoms with Gasteiger partial charge in [-0.3, -0.25) is 4.79 Å². The Morgan fingerprint density at radius 3 is 2.36 bits per heavy atom. The summed E-state index contributed by atoms with van der Waals surface area (Å²) in [6.45, 7) is 2.62. The third-order valence-electron chi connectivity index (χ3n) is 3.38. The molecular formula is C18H22N2O3S2. The molecule has 2 aromatic carbocycles. The zero-order valence-electron chi connectivity index (χ0n) is 14.1. The number of carbonyl (C=O) groups is 1. The van der Waals surface area contributed by atoms with Crippen molar-refractivity contribution >= 4 is 27.7 Å². The summed E-state index contributed by atoms with van der Waals surface area (Å²) in [7, 11) is -3.49. The van der Waals surface area contributed by atoms with E-state index in [0.29, 0.717) is 18.7 Å². The summed E-state index contributed by atoms with van der Waals surface area (Å²) >= 11 is 1.75. The van der Waals surface area contributed by atoms with E-state index in [4.69, 9.17) is 0 Å². The van der Waals surface area contributed by atoms with Crippen molar-refractivity contribution in [1.29, 1.82) is 0 Å². The van der Waals surface area contributed by atoms with Gasteiger partial charge in [0.15, 0.2) is 0 Å². The lowest BCUT2D eigenvalue weighted by molar-refractivity contribution is 0.0953. The van der Waals surface area contributed by atoms with Crippen LogP contribution in [0.3, 0.4) is 0 Å². The van der Waals surface area contributed by atoms with Gasteiger partial charge in [0.1, 0.15) is 0 Å². The molecule has 0 aliphatic rings. The number of hydrogen-bond donors (Lipinski definition) is 2. The van der Waals surface area contributed by atoms with Crippen LogP contribution < -0.4 is 10.0 Å². The lowest BCUT2D eigenvalue weighted by Crippen LogP contribution is -2.25. The first-order chi connectivity index (χ1) is 12.0. The second-order valence-corrected chi connectivity index (χ2v) is 8.23. The SMILES string of the molecule is CCNS(=O)(=O)c1ccc(C(=O)NCCCSc2ccccc2)cc1. The fourth-order valence-corrected chi connectivity index (χ4v) is 4.06. The van der Waals surface area contributed by atoms with E-state index in [-0.39, 0.29) is 10.8 Å². The zero-order chi connectivity index (χ0) is 18.1. The van der Waals surface area contributed by atoms with Crippen molar-refractivity contribution < 1.29 is 13.2 Å². The highest BCUT2D eigenvalue weighted by molar-refractivity contribution is 7.99. The van der Waals surface area contributed by atoms with Gasteiger partial charge < -0.3 is 5.32 Å². The maximum Gasteiger partial charge on any atom is 0.251 e. The van der Waals surface area contributed by atoms with Crippen molar-refractivity contribution in [2.24, 2.45) is 0 Å². The molecule has 1 amide bonds. The number of thioether (sulfide) groups is 1. The Kier molecular flexibility index (Phi) is 7.49. The molecular weight excluding hydrogens is 356 g/mol. The van der Waals surface area contributed by atoms with E-state index >= 15 is 0 Å². The minimum absolute atomic E-state index is 0.158. The number of hydrogen-bond acceptors (Lipinski definition) is 4. The minimum atomic E-state index is -3.49. The number of nitrogens with one attached hydrogen (secondary N) is 2. The smallest absolute Gasteiger partial charge is 0.251 e. The lowest BCUT2D eigenvalue weighted by Gasteiger charge is -2.07. The lowest BCUT2D eigenvalue weighted by atomic mass is 10.2. The van der Waals surface area contributed by atoms with Gasteiger partial charge in [-0.15, -0.1) is 11.8 Å². The topological polar surface area (TPSA) is 75.3 Å². The summed E-state index contributed by atoms with van der Waals surface area (Å²) < 4.78 is 26.1. The van der Waals surface area contributed by atoms with Crippen LogP contribution in [0.1, 0.15) is 23.7 Å². The number of amides is 1. The van der Waals surface area contributed by atoms with Crippen LogP contribution in [0.2, 0.25) is 0 Å². The molecule has 7 heteroatoms. The Hall–Kier alpha value is -1.83. The molecule has 0 bridgehead atoms. The first kappa shape index (κ1) is 19.5. The highest BCUT2D eigenvalue weighted by Crippen LogP contribution is 2.17. The standard InChI is InChI=1S/C18H22N2O3S2/c1-2-20-25(22,23)17-11-9-15(10-12-17)18(21)19-13-6-14-24-16-7-4-3-5-8-16/h3-5,7-12,20H,2,6,13-14H2,1H3,(H,19,21). The Balaban J connectivity index is 1.77. The van der Waals surface area contributed by atoms with Gasteiger partial charge in [-0.25, -0.2) is 13.1 Å². The molecule has 0 fully saturated rings. The molecule has 0 saturated carbocycles. The van der Waals surface area contributed by atoms with Crippen molar-refractivity contribution in [3.63, 3.8) is 0 Å². The molecule has 0 atom stereocenters.